The molecule has 2 rings (SSSR count). The van der Waals surface area contributed by atoms with E-state index in [2.05, 4.69) is 31.2 Å². The van der Waals surface area contributed by atoms with Gasteiger partial charge in [0.1, 0.15) is 36.0 Å². The Hall–Kier alpha value is -4.68. The van der Waals surface area contributed by atoms with E-state index in [1.165, 1.54) is 48.6 Å². The Morgan fingerprint density at radius 1 is 0.889 bits per heavy atom. The van der Waals surface area contributed by atoms with Crippen molar-refractivity contribution in [1.29, 1.82) is 0 Å². The first kappa shape index (κ1) is 36.5. The number of imidazole rings is 1. The third-order valence-corrected chi connectivity index (χ3v) is 7.06. The molecule has 1 aromatic heterocycles. The highest BCUT2D eigenvalue weighted by atomic mass is 32.2. The summed E-state index contributed by atoms with van der Waals surface area (Å²) in [6.07, 6.45) is 3.75. The van der Waals surface area contributed by atoms with Crippen molar-refractivity contribution >= 4 is 47.3 Å². The SMILES string of the molecule is CSCC[C@H](NC(=O)[C@H](Cc1ccc(O)cc1)NC(=O)[C@H](CC(N)=O)NC(=O)[C@@H](N)CO)C(=O)N[C@@H](Cc1cnc[nH]1)C(=O)O. The molecule has 5 atom stereocenters. The number of aromatic amines is 1. The summed E-state index contributed by atoms with van der Waals surface area (Å²) in [6.45, 7) is -0.743. The van der Waals surface area contributed by atoms with Crippen LogP contribution in [0.3, 0.4) is 0 Å². The number of hydrogen-bond acceptors (Lipinski definition) is 11. The molecule has 0 fully saturated rings. The van der Waals surface area contributed by atoms with Crippen molar-refractivity contribution in [3.05, 3.63) is 48.0 Å². The molecule has 5 amide bonds. The number of phenols is 1. The van der Waals surface area contributed by atoms with Crippen LogP contribution in [0.2, 0.25) is 0 Å². The number of H-pyrrole nitrogens is 1. The second kappa shape index (κ2) is 18.2. The largest absolute Gasteiger partial charge is 0.508 e. The quantitative estimate of drug-likeness (QED) is 0.0722. The monoisotopic (exact) mass is 650 g/mol. The molecule has 246 valence electrons. The number of aromatic nitrogens is 2. The van der Waals surface area contributed by atoms with E-state index in [9.17, 15) is 39.0 Å². The summed E-state index contributed by atoms with van der Waals surface area (Å²) < 4.78 is 0. The zero-order valence-electron chi connectivity index (χ0n) is 24.4. The van der Waals surface area contributed by atoms with Crippen LogP contribution in [0.5, 0.6) is 5.75 Å². The smallest absolute Gasteiger partial charge is 0.326 e. The summed E-state index contributed by atoms with van der Waals surface area (Å²) in [4.78, 5) is 82.4. The number of hydrogen-bond donors (Lipinski definition) is 10. The number of amides is 5. The van der Waals surface area contributed by atoms with E-state index in [0.29, 0.717) is 17.0 Å². The summed E-state index contributed by atoms with van der Waals surface area (Å²) in [5.74, 6) is -5.46. The van der Waals surface area contributed by atoms with Gasteiger partial charge in [-0.25, -0.2) is 9.78 Å². The molecule has 0 saturated carbocycles. The fourth-order valence-corrected chi connectivity index (χ4v) is 4.46. The molecule has 45 heavy (non-hydrogen) atoms. The molecular weight excluding hydrogens is 612 g/mol. The van der Waals surface area contributed by atoms with Crippen LogP contribution in [0, 0.1) is 0 Å². The average molecular weight is 651 g/mol. The summed E-state index contributed by atoms with van der Waals surface area (Å²) >= 11 is 1.38. The minimum Gasteiger partial charge on any atom is -0.508 e. The van der Waals surface area contributed by atoms with Crippen LogP contribution < -0.4 is 32.7 Å². The number of carboxylic acids is 1. The maximum atomic E-state index is 13.6. The van der Waals surface area contributed by atoms with Gasteiger partial charge in [-0.1, -0.05) is 12.1 Å². The number of aliphatic hydroxyl groups is 1. The number of carbonyl (C=O) groups is 6. The van der Waals surface area contributed by atoms with Gasteiger partial charge in [-0.15, -0.1) is 0 Å². The van der Waals surface area contributed by atoms with Gasteiger partial charge in [-0.2, -0.15) is 11.8 Å². The first-order valence-corrected chi connectivity index (χ1v) is 15.1. The van der Waals surface area contributed by atoms with Crippen LogP contribution in [0.25, 0.3) is 0 Å². The van der Waals surface area contributed by atoms with Crippen molar-refractivity contribution in [2.45, 2.75) is 55.9 Å². The molecule has 12 N–H and O–H groups in total. The van der Waals surface area contributed by atoms with Gasteiger partial charge in [-0.05, 0) is 36.1 Å². The Kier molecular flexibility index (Phi) is 14.8. The van der Waals surface area contributed by atoms with Crippen LogP contribution in [0.4, 0.5) is 0 Å². The predicted octanol–water partition coefficient (Wildman–Crippen LogP) is -3.13. The molecule has 0 bridgehead atoms. The van der Waals surface area contributed by atoms with Crippen molar-refractivity contribution < 1.29 is 44.1 Å². The number of nitrogens with one attached hydrogen (secondary N) is 5. The molecule has 0 aliphatic rings. The Bertz CT molecular complexity index is 1310. The standard InChI is InChI=1S/C27H38N8O9S/c1-45-7-6-18(24(40)35-21(27(43)44)9-15-11-30-13-31-15)32-25(41)19(8-14-2-4-16(37)5-3-14)34-26(42)20(10-22(29)38)33-23(39)17(28)12-36/h2-5,11,13,17-21,36-37H,6-10,12,28H2,1H3,(H2,29,38)(H,30,31)(H,32,41)(H,33,39)(H,34,42)(H,35,40)(H,43,44)/t17-,18-,19-,20-,21-/m0/s1. The average Bonchev–Trinajstić information content (AvgIpc) is 3.51. The van der Waals surface area contributed by atoms with Crippen LogP contribution in [0.1, 0.15) is 24.1 Å². The predicted molar refractivity (Wildman–Crippen MR) is 161 cm³/mol. The number of benzene rings is 1. The molecule has 0 unspecified atom stereocenters. The van der Waals surface area contributed by atoms with Crippen LogP contribution in [-0.4, -0.2) is 110 Å². The molecule has 0 radical (unpaired) electrons. The van der Waals surface area contributed by atoms with Gasteiger partial charge in [0, 0.05) is 24.7 Å². The second-order valence-electron chi connectivity index (χ2n) is 9.98. The van der Waals surface area contributed by atoms with Crippen LogP contribution in [-0.2, 0) is 41.6 Å². The molecular formula is C27H38N8O9S. The van der Waals surface area contributed by atoms with Crippen LogP contribution >= 0.6 is 11.8 Å². The number of aliphatic hydroxyl groups excluding tert-OH is 1. The van der Waals surface area contributed by atoms with Crippen LogP contribution in [0.15, 0.2) is 36.8 Å². The number of thioether (sulfide) groups is 1. The third-order valence-electron chi connectivity index (χ3n) is 6.42. The summed E-state index contributed by atoms with van der Waals surface area (Å²) in [5.41, 5.74) is 11.7. The van der Waals surface area contributed by atoms with E-state index in [1.807, 2.05) is 0 Å². The van der Waals surface area contributed by atoms with E-state index < -0.39 is 78.7 Å². The van der Waals surface area contributed by atoms with Gasteiger partial charge >= 0.3 is 5.97 Å². The Morgan fingerprint density at radius 2 is 1.47 bits per heavy atom. The van der Waals surface area contributed by atoms with Gasteiger partial charge in [0.2, 0.25) is 29.5 Å². The number of carbonyl (C=O) groups excluding carboxylic acids is 5. The maximum Gasteiger partial charge on any atom is 0.326 e. The molecule has 0 saturated heterocycles. The first-order valence-electron chi connectivity index (χ1n) is 13.7. The number of aliphatic carboxylic acids is 1. The lowest BCUT2D eigenvalue weighted by molar-refractivity contribution is -0.142. The highest BCUT2D eigenvalue weighted by Crippen LogP contribution is 2.13. The molecule has 1 heterocycles. The fraction of sp³-hybridized carbons (Fsp3) is 0.444. The molecule has 0 aliphatic heterocycles. The minimum atomic E-state index is -1.56. The summed E-state index contributed by atoms with van der Waals surface area (Å²) in [7, 11) is 0. The Morgan fingerprint density at radius 3 is 2.02 bits per heavy atom. The maximum absolute atomic E-state index is 13.6. The normalized spacial score (nSPS) is 14.2. The van der Waals surface area contributed by atoms with Crippen molar-refractivity contribution in [3.8, 4) is 5.75 Å². The first-order chi connectivity index (χ1) is 21.3. The highest BCUT2D eigenvalue weighted by Gasteiger charge is 2.32. The highest BCUT2D eigenvalue weighted by molar-refractivity contribution is 7.98. The Balaban J connectivity index is 2.31. The molecule has 0 spiro atoms. The van der Waals surface area contributed by atoms with E-state index >= 15 is 0 Å². The topological polar surface area (TPSA) is 292 Å². The number of primary amides is 1. The van der Waals surface area contributed by atoms with Crippen molar-refractivity contribution in [1.82, 2.24) is 31.2 Å². The number of phenolic OH excluding ortho intramolecular Hbond substituents is 1. The van der Waals surface area contributed by atoms with Crippen molar-refractivity contribution in [2.24, 2.45) is 11.5 Å². The Labute approximate surface area is 262 Å². The molecule has 18 heteroatoms. The van der Waals surface area contributed by atoms with Gasteiger partial charge < -0.3 is 53.0 Å². The van der Waals surface area contributed by atoms with E-state index in [0.717, 1.165) is 0 Å². The number of nitrogens with zero attached hydrogens (tertiary/aromatic N) is 1. The van der Waals surface area contributed by atoms with Gasteiger partial charge in [0.25, 0.3) is 0 Å². The molecule has 1 aromatic carbocycles. The van der Waals surface area contributed by atoms with Gasteiger partial charge in [0.15, 0.2) is 0 Å². The van der Waals surface area contributed by atoms with Gasteiger partial charge in [-0.3, -0.25) is 24.0 Å². The van der Waals surface area contributed by atoms with E-state index in [-0.39, 0.29) is 25.0 Å². The lowest BCUT2D eigenvalue weighted by Gasteiger charge is -2.26. The second-order valence-corrected chi connectivity index (χ2v) is 11.0. The number of nitrogens with two attached hydrogens (primary N) is 2. The molecule has 17 nitrogen and oxygen atoms in total. The lowest BCUT2D eigenvalue weighted by atomic mass is 10.0. The number of carboxylic acid groups (broad SMARTS) is 1. The zero-order valence-corrected chi connectivity index (χ0v) is 25.2. The van der Waals surface area contributed by atoms with Crippen molar-refractivity contribution in [3.63, 3.8) is 0 Å². The third kappa shape index (κ3) is 12.5. The van der Waals surface area contributed by atoms with E-state index in [4.69, 9.17) is 16.6 Å². The fourth-order valence-electron chi connectivity index (χ4n) is 3.99. The lowest BCUT2D eigenvalue weighted by Crippen LogP contribution is -2.59. The number of rotatable bonds is 19. The number of aromatic hydroxyl groups is 1. The van der Waals surface area contributed by atoms with Crippen molar-refractivity contribution in [2.75, 3.05) is 18.6 Å². The molecule has 0 aliphatic carbocycles. The van der Waals surface area contributed by atoms with E-state index in [1.54, 1.807) is 6.26 Å². The van der Waals surface area contributed by atoms with Gasteiger partial charge in [0.05, 0.1) is 19.4 Å². The molecule has 2 aromatic rings. The zero-order chi connectivity index (χ0) is 33.5. The minimum absolute atomic E-state index is 0.0508. The summed E-state index contributed by atoms with van der Waals surface area (Å²) in [5, 5.41) is 38.1. The summed E-state index contributed by atoms with van der Waals surface area (Å²) in [6, 6.07) is -1.19.